The highest BCUT2D eigenvalue weighted by Gasteiger charge is 2.20. The minimum Gasteiger partial charge on any atom is -0.465 e. The lowest BCUT2D eigenvalue weighted by Crippen LogP contribution is -2.00. The van der Waals surface area contributed by atoms with Gasteiger partial charge in [-0.25, -0.2) is 4.79 Å². The summed E-state index contributed by atoms with van der Waals surface area (Å²) in [4.78, 5) is 12.1. The number of esters is 1. The largest absolute Gasteiger partial charge is 0.465 e. The van der Waals surface area contributed by atoms with E-state index in [9.17, 15) is 4.79 Å². The maximum Gasteiger partial charge on any atom is 0.338 e. The Kier molecular flexibility index (Phi) is 6.80. The Hall–Kier alpha value is -1.87. The second-order valence-electron chi connectivity index (χ2n) is 6.68. The molecule has 24 heavy (non-hydrogen) atoms. The van der Waals surface area contributed by atoms with Gasteiger partial charge in [0.05, 0.1) is 12.7 Å². The molecular formula is C21H29NO2. The highest BCUT2D eigenvalue weighted by Crippen LogP contribution is 2.34. The van der Waals surface area contributed by atoms with Crippen LogP contribution in [-0.4, -0.2) is 19.6 Å². The highest BCUT2D eigenvalue weighted by atomic mass is 16.5. The molecule has 0 aromatic carbocycles. The van der Waals surface area contributed by atoms with Gasteiger partial charge >= 0.3 is 5.97 Å². The molecule has 0 aromatic rings. The number of rotatable bonds is 8. The van der Waals surface area contributed by atoms with E-state index in [2.05, 4.69) is 38.1 Å². The van der Waals surface area contributed by atoms with E-state index in [-0.39, 0.29) is 5.97 Å². The number of fused-ring (bicyclic) bond motifs is 1. The summed E-state index contributed by atoms with van der Waals surface area (Å²) in [6.07, 6.45) is 5.54. The van der Waals surface area contributed by atoms with Crippen LogP contribution in [-0.2, 0) is 11.2 Å². The zero-order valence-electron chi connectivity index (χ0n) is 15.1. The van der Waals surface area contributed by atoms with Gasteiger partial charge in [-0.1, -0.05) is 51.0 Å². The summed E-state index contributed by atoms with van der Waals surface area (Å²) >= 11 is 0. The molecule has 0 aromatic heterocycles. The Morgan fingerprint density at radius 1 is 1.04 bits per heavy atom. The number of hydrogen-bond donors (Lipinski definition) is 1. The zero-order valence-corrected chi connectivity index (χ0v) is 15.1. The van der Waals surface area contributed by atoms with E-state index >= 15 is 0 Å². The van der Waals surface area contributed by atoms with E-state index in [1.54, 1.807) is 0 Å². The molecule has 2 aliphatic rings. The topological polar surface area (TPSA) is 52.3 Å². The Morgan fingerprint density at radius 2 is 1.71 bits per heavy atom. The van der Waals surface area contributed by atoms with Crippen molar-refractivity contribution >= 4 is 5.97 Å². The monoisotopic (exact) mass is 327 g/mol. The minimum absolute atomic E-state index is 0.258. The molecule has 0 fully saturated rings. The molecule has 0 atom stereocenters. The molecule has 0 bridgehead atoms. The van der Waals surface area contributed by atoms with Gasteiger partial charge in [0.25, 0.3) is 0 Å². The van der Waals surface area contributed by atoms with Crippen LogP contribution in [0.25, 0.3) is 11.1 Å². The van der Waals surface area contributed by atoms with Gasteiger partial charge in [0.1, 0.15) is 0 Å². The van der Waals surface area contributed by atoms with Crippen molar-refractivity contribution in [3.8, 4) is 11.1 Å². The molecule has 0 radical (unpaired) electrons. The van der Waals surface area contributed by atoms with Gasteiger partial charge in [0.2, 0.25) is 0 Å². The van der Waals surface area contributed by atoms with Crippen molar-refractivity contribution in [2.75, 3.05) is 13.7 Å². The first-order valence-electron chi connectivity index (χ1n) is 8.92. The molecule has 2 aliphatic carbocycles. The first-order valence-corrected chi connectivity index (χ1v) is 8.92. The van der Waals surface area contributed by atoms with Gasteiger partial charge in [-0.2, -0.15) is 0 Å². The quantitative estimate of drug-likeness (QED) is 0.561. The lowest BCUT2D eigenvalue weighted by molar-refractivity contribution is 0.0602. The second kappa shape index (κ2) is 8.84. The van der Waals surface area contributed by atoms with E-state index in [0.29, 0.717) is 11.5 Å². The van der Waals surface area contributed by atoms with E-state index in [1.165, 1.54) is 36.6 Å². The lowest BCUT2D eigenvalue weighted by atomic mass is 10.0. The number of hydrogen-bond acceptors (Lipinski definition) is 3. The Morgan fingerprint density at radius 3 is 2.33 bits per heavy atom. The number of carbonyl (C=O) groups excluding carboxylic acids is 1. The van der Waals surface area contributed by atoms with Gasteiger partial charge < -0.3 is 10.5 Å². The summed E-state index contributed by atoms with van der Waals surface area (Å²) in [6.45, 7) is 5.12. The van der Waals surface area contributed by atoms with Crippen LogP contribution >= 0.6 is 0 Å². The van der Waals surface area contributed by atoms with Gasteiger partial charge in [0, 0.05) is 0 Å². The smallest absolute Gasteiger partial charge is 0.338 e. The third-order valence-electron chi connectivity index (χ3n) is 4.60. The number of carbonyl (C=O) groups is 1. The molecule has 130 valence electrons. The number of ether oxygens (including phenoxy) is 1. The van der Waals surface area contributed by atoms with Crippen LogP contribution in [0.1, 0.15) is 66.9 Å². The Labute approximate surface area is 145 Å². The fraction of sp³-hybridized carbons (Fsp3) is 0.476. The van der Waals surface area contributed by atoms with Crippen LogP contribution in [0.3, 0.4) is 0 Å². The first kappa shape index (κ1) is 18.5. The van der Waals surface area contributed by atoms with Crippen LogP contribution in [0, 0.1) is 0 Å². The van der Waals surface area contributed by atoms with E-state index in [1.807, 2.05) is 6.07 Å². The third-order valence-corrected chi connectivity index (χ3v) is 4.60. The van der Waals surface area contributed by atoms with E-state index in [4.69, 9.17) is 10.5 Å². The summed E-state index contributed by atoms with van der Waals surface area (Å²) in [5.41, 5.74) is 10.9. The van der Waals surface area contributed by atoms with E-state index in [0.717, 1.165) is 31.4 Å². The summed E-state index contributed by atoms with van der Waals surface area (Å²) in [6, 6.07) is 10.5. The predicted molar refractivity (Wildman–Crippen MR) is 99.7 cm³/mol. The van der Waals surface area contributed by atoms with Crippen molar-refractivity contribution < 1.29 is 9.53 Å². The molecule has 0 amide bonds. The van der Waals surface area contributed by atoms with Crippen molar-refractivity contribution in [2.24, 2.45) is 5.73 Å². The Bertz CT molecular complexity index is 649. The predicted octanol–water partition coefficient (Wildman–Crippen LogP) is 4.76. The molecule has 3 heteroatoms. The minimum atomic E-state index is -0.258. The molecule has 0 saturated heterocycles. The first-order chi connectivity index (χ1) is 11.6. The SMILES string of the molecule is COC(=O)c1cc(CCCCCCN)c2ccc(C(C)C)ccc1-2. The van der Waals surface area contributed by atoms with Crippen molar-refractivity contribution in [1.82, 2.24) is 0 Å². The average molecular weight is 327 g/mol. The summed E-state index contributed by atoms with van der Waals surface area (Å²) in [5.74, 6) is 0.203. The number of nitrogens with two attached hydrogens (primary N) is 1. The summed E-state index contributed by atoms with van der Waals surface area (Å²) in [5, 5.41) is 0. The van der Waals surface area contributed by atoms with Crippen molar-refractivity contribution in [1.29, 1.82) is 0 Å². The molecule has 2 N–H and O–H groups in total. The van der Waals surface area contributed by atoms with Gasteiger partial charge in [-0.15, -0.1) is 0 Å². The third kappa shape index (κ3) is 4.35. The molecule has 3 nitrogen and oxygen atoms in total. The fourth-order valence-corrected chi connectivity index (χ4v) is 3.12. The van der Waals surface area contributed by atoms with Crippen molar-refractivity contribution in [3.63, 3.8) is 0 Å². The maximum absolute atomic E-state index is 12.1. The van der Waals surface area contributed by atoms with Crippen LogP contribution in [0.2, 0.25) is 0 Å². The lowest BCUT2D eigenvalue weighted by Gasteiger charge is -2.02. The van der Waals surface area contributed by atoms with Crippen LogP contribution in [0.15, 0.2) is 30.3 Å². The van der Waals surface area contributed by atoms with Gasteiger partial charge in [0.15, 0.2) is 0 Å². The standard InChI is InChI=1S/C21H29NO2/c1-15(2)16-9-11-18-17(8-6-4-5-7-13-22)14-20(21(23)24-3)19(18)12-10-16/h9-12,14-15H,4-8,13,22H2,1-3H3. The van der Waals surface area contributed by atoms with Crippen molar-refractivity contribution in [3.05, 3.63) is 47.0 Å². The normalized spacial score (nSPS) is 11.2. The summed E-state index contributed by atoms with van der Waals surface area (Å²) in [7, 11) is 1.44. The number of methoxy groups -OCH3 is 1. The van der Waals surface area contributed by atoms with Crippen LogP contribution in [0.4, 0.5) is 0 Å². The van der Waals surface area contributed by atoms with Crippen LogP contribution < -0.4 is 5.73 Å². The molecule has 0 saturated carbocycles. The fourth-order valence-electron chi connectivity index (χ4n) is 3.12. The zero-order chi connectivity index (χ0) is 17.5. The molecule has 0 aliphatic heterocycles. The molecule has 0 heterocycles. The molecule has 0 spiro atoms. The molecule has 0 unspecified atom stereocenters. The maximum atomic E-state index is 12.1. The average Bonchev–Trinajstić information content (AvgIpc) is 2.77. The number of aryl methyl sites for hydroxylation is 1. The number of unbranched alkanes of at least 4 members (excludes halogenated alkanes) is 3. The van der Waals surface area contributed by atoms with Crippen molar-refractivity contribution in [2.45, 2.75) is 51.9 Å². The highest BCUT2D eigenvalue weighted by molar-refractivity contribution is 6.00. The van der Waals surface area contributed by atoms with Crippen LogP contribution in [0.5, 0.6) is 0 Å². The van der Waals surface area contributed by atoms with Gasteiger partial charge in [-0.3, -0.25) is 0 Å². The Balaban J connectivity index is 2.31. The second-order valence-corrected chi connectivity index (χ2v) is 6.68. The summed E-state index contributed by atoms with van der Waals surface area (Å²) < 4.78 is 4.97. The van der Waals surface area contributed by atoms with Gasteiger partial charge in [-0.05, 0) is 60.0 Å². The molecular weight excluding hydrogens is 298 g/mol. The molecule has 2 rings (SSSR count). The van der Waals surface area contributed by atoms with E-state index < -0.39 is 0 Å².